The first-order valence-electron chi connectivity index (χ1n) is 11.8. The van der Waals surface area contributed by atoms with Crippen molar-refractivity contribution in [1.29, 1.82) is 0 Å². The Balaban J connectivity index is 1.15. The Morgan fingerprint density at radius 1 is 1.06 bits per heavy atom. The lowest BCUT2D eigenvalue weighted by Gasteiger charge is -2.41. The second kappa shape index (κ2) is 8.61. The van der Waals surface area contributed by atoms with Crippen LogP contribution in [0, 0.1) is 0 Å². The first-order chi connectivity index (χ1) is 17.4. The summed E-state index contributed by atoms with van der Waals surface area (Å²) < 4.78 is 43.5. The number of halogens is 3. The molecule has 1 saturated heterocycles. The molecule has 6 rings (SSSR count). The van der Waals surface area contributed by atoms with Crippen LogP contribution in [0.4, 0.5) is 30.6 Å². The number of alkyl halides is 3. The van der Waals surface area contributed by atoms with E-state index >= 15 is 0 Å². The number of ether oxygens (including phenoxy) is 1. The van der Waals surface area contributed by atoms with Crippen LogP contribution in [0.5, 0.6) is 11.6 Å². The average Bonchev–Trinajstić information content (AvgIpc) is 3.37. The fourth-order valence-corrected chi connectivity index (χ4v) is 4.90. The van der Waals surface area contributed by atoms with Crippen LogP contribution in [-0.4, -0.2) is 45.0 Å². The minimum atomic E-state index is -4.50. The largest absolute Gasteiger partial charge is 0.437 e. The summed E-state index contributed by atoms with van der Waals surface area (Å²) in [5.74, 6) is 1.88. The molecular formula is C24H22F3N7O2. The molecule has 9 nitrogen and oxygen atoms in total. The zero-order valence-electron chi connectivity index (χ0n) is 19.1. The van der Waals surface area contributed by atoms with Gasteiger partial charge in [0.15, 0.2) is 5.82 Å². The molecule has 0 spiro atoms. The highest BCUT2D eigenvalue weighted by Gasteiger charge is 2.44. The number of rotatable bonds is 5. The SMILES string of the molecule is O=C1C2CCCN2c2nc(NCc3ccc(Oc4ccc(C(F)(F)F)nc4)nc3)nc3c2N1CCC3. The van der Waals surface area contributed by atoms with E-state index in [0.29, 0.717) is 19.0 Å². The van der Waals surface area contributed by atoms with E-state index in [0.717, 1.165) is 67.3 Å². The number of aryl methyl sites for hydroxylation is 1. The van der Waals surface area contributed by atoms with E-state index in [-0.39, 0.29) is 23.6 Å². The Kier molecular flexibility index (Phi) is 5.38. The van der Waals surface area contributed by atoms with Gasteiger partial charge < -0.3 is 19.9 Å². The number of anilines is 3. The van der Waals surface area contributed by atoms with Crippen LogP contribution >= 0.6 is 0 Å². The van der Waals surface area contributed by atoms with Crippen molar-refractivity contribution in [1.82, 2.24) is 19.9 Å². The summed E-state index contributed by atoms with van der Waals surface area (Å²) in [6.07, 6.45) is 1.61. The quantitative estimate of drug-likeness (QED) is 0.566. The molecule has 0 aromatic carbocycles. The molecule has 1 fully saturated rings. The molecule has 0 bridgehead atoms. The van der Waals surface area contributed by atoms with Gasteiger partial charge in [0, 0.05) is 31.9 Å². The van der Waals surface area contributed by atoms with E-state index in [1.165, 1.54) is 6.07 Å². The van der Waals surface area contributed by atoms with Crippen LogP contribution in [0.25, 0.3) is 0 Å². The summed E-state index contributed by atoms with van der Waals surface area (Å²) >= 11 is 0. The van der Waals surface area contributed by atoms with Gasteiger partial charge in [-0.3, -0.25) is 4.79 Å². The van der Waals surface area contributed by atoms with Gasteiger partial charge in [0.2, 0.25) is 17.7 Å². The van der Waals surface area contributed by atoms with Gasteiger partial charge in [-0.25, -0.2) is 15.0 Å². The highest BCUT2D eigenvalue weighted by atomic mass is 19.4. The monoisotopic (exact) mass is 497 g/mol. The second-order valence-corrected chi connectivity index (χ2v) is 8.95. The molecule has 0 saturated carbocycles. The first kappa shape index (κ1) is 22.5. The lowest BCUT2D eigenvalue weighted by Crippen LogP contribution is -2.53. The van der Waals surface area contributed by atoms with Crippen LogP contribution in [0.1, 0.15) is 36.2 Å². The van der Waals surface area contributed by atoms with E-state index in [1.807, 2.05) is 4.90 Å². The Morgan fingerprint density at radius 2 is 1.94 bits per heavy atom. The number of fused-ring (bicyclic) bond motifs is 2. The van der Waals surface area contributed by atoms with E-state index in [2.05, 4.69) is 20.2 Å². The number of amides is 1. The standard InChI is InChI=1S/C24H22F3N7O2/c25-24(26,27)18-7-6-15(13-28-18)36-19-8-5-14(11-29-19)12-30-23-31-16-3-1-10-34-20(16)21(32-23)33-9-2-4-17(33)22(34)35/h5-8,11,13,17H,1-4,9-10,12H2,(H,30,31,32). The van der Waals surface area contributed by atoms with Gasteiger partial charge in [-0.15, -0.1) is 0 Å². The van der Waals surface area contributed by atoms with Gasteiger partial charge in [0.05, 0.1) is 11.9 Å². The molecule has 1 N–H and O–H groups in total. The number of carbonyl (C=O) groups excluding carboxylic acids is 1. The van der Waals surface area contributed by atoms with Gasteiger partial charge in [-0.05, 0) is 43.4 Å². The Morgan fingerprint density at radius 3 is 2.69 bits per heavy atom. The fourth-order valence-electron chi connectivity index (χ4n) is 4.90. The lowest BCUT2D eigenvalue weighted by atomic mass is 10.0. The van der Waals surface area contributed by atoms with Gasteiger partial charge in [0.1, 0.15) is 23.2 Å². The Bertz CT molecular complexity index is 1300. The maximum absolute atomic E-state index is 12.9. The average molecular weight is 497 g/mol. The molecular weight excluding hydrogens is 475 g/mol. The normalized spacial score (nSPS) is 18.6. The van der Waals surface area contributed by atoms with Gasteiger partial charge in [0.25, 0.3) is 0 Å². The van der Waals surface area contributed by atoms with E-state index in [9.17, 15) is 18.0 Å². The Hall–Kier alpha value is -3.96. The summed E-state index contributed by atoms with van der Waals surface area (Å²) in [7, 11) is 0. The van der Waals surface area contributed by atoms with Crippen molar-refractivity contribution in [2.24, 2.45) is 0 Å². The van der Waals surface area contributed by atoms with Crippen molar-refractivity contribution in [3.8, 4) is 11.6 Å². The fraction of sp³-hybridized carbons (Fsp3) is 0.375. The molecule has 0 aliphatic carbocycles. The van der Waals surface area contributed by atoms with Gasteiger partial charge >= 0.3 is 6.18 Å². The summed E-state index contributed by atoms with van der Waals surface area (Å²) in [5.41, 5.74) is 1.61. The number of aromatic nitrogens is 4. The molecule has 0 radical (unpaired) electrons. The number of carbonyl (C=O) groups is 1. The molecule has 3 aliphatic heterocycles. The molecule has 3 aromatic rings. The molecule has 3 aromatic heterocycles. The van der Waals surface area contributed by atoms with Crippen LogP contribution in [0.15, 0.2) is 36.7 Å². The van der Waals surface area contributed by atoms with Crippen LogP contribution in [0.2, 0.25) is 0 Å². The van der Waals surface area contributed by atoms with Crippen molar-refractivity contribution in [3.63, 3.8) is 0 Å². The van der Waals surface area contributed by atoms with Crippen molar-refractivity contribution < 1.29 is 22.7 Å². The maximum Gasteiger partial charge on any atom is 0.433 e. The zero-order chi connectivity index (χ0) is 24.9. The predicted molar refractivity (Wildman–Crippen MR) is 124 cm³/mol. The molecule has 3 aliphatic rings. The minimum Gasteiger partial charge on any atom is -0.437 e. The molecule has 186 valence electrons. The smallest absolute Gasteiger partial charge is 0.433 e. The molecule has 1 amide bonds. The third kappa shape index (κ3) is 4.06. The molecule has 36 heavy (non-hydrogen) atoms. The topological polar surface area (TPSA) is 96.4 Å². The van der Waals surface area contributed by atoms with Crippen LogP contribution in [0.3, 0.4) is 0 Å². The molecule has 1 unspecified atom stereocenters. The highest BCUT2D eigenvalue weighted by molar-refractivity contribution is 6.06. The summed E-state index contributed by atoms with van der Waals surface area (Å²) in [5, 5.41) is 3.26. The maximum atomic E-state index is 12.9. The number of nitrogens with zero attached hydrogens (tertiary/aromatic N) is 6. The third-order valence-electron chi connectivity index (χ3n) is 6.58. The Labute approximate surface area is 204 Å². The summed E-state index contributed by atoms with van der Waals surface area (Å²) in [6, 6.07) is 5.35. The van der Waals surface area contributed by atoms with Crippen LogP contribution in [-0.2, 0) is 23.9 Å². The first-order valence-corrected chi connectivity index (χ1v) is 11.8. The van der Waals surface area contributed by atoms with E-state index in [1.54, 1.807) is 18.3 Å². The number of nitrogens with one attached hydrogen (secondary N) is 1. The second-order valence-electron chi connectivity index (χ2n) is 8.95. The molecule has 1 atom stereocenters. The van der Waals surface area contributed by atoms with Crippen molar-refractivity contribution in [2.45, 2.75) is 44.4 Å². The molecule has 6 heterocycles. The highest BCUT2D eigenvalue weighted by Crippen LogP contribution is 2.43. The lowest BCUT2D eigenvalue weighted by molar-refractivity contribution is -0.141. The van der Waals surface area contributed by atoms with Gasteiger partial charge in [-0.1, -0.05) is 6.07 Å². The van der Waals surface area contributed by atoms with Crippen molar-refractivity contribution in [2.75, 3.05) is 28.2 Å². The van der Waals surface area contributed by atoms with E-state index < -0.39 is 11.9 Å². The summed E-state index contributed by atoms with van der Waals surface area (Å²) in [4.78, 5) is 34.0. The third-order valence-corrected chi connectivity index (χ3v) is 6.58. The summed E-state index contributed by atoms with van der Waals surface area (Å²) in [6.45, 7) is 1.94. The van der Waals surface area contributed by atoms with E-state index in [4.69, 9.17) is 14.7 Å². The zero-order valence-corrected chi connectivity index (χ0v) is 19.1. The number of pyridine rings is 2. The van der Waals surface area contributed by atoms with Gasteiger partial charge in [-0.2, -0.15) is 18.2 Å². The number of hydrogen-bond acceptors (Lipinski definition) is 8. The predicted octanol–water partition coefficient (Wildman–Crippen LogP) is 3.95. The molecule has 12 heteroatoms. The number of hydrogen-bond donors (Lipinski definition) is 1. The van der Waals surface area contributed by atoms with Crippen LogP contribution < -0.4 is 19.9 Å². The van der Waals surface area contributed by atoms with Crippen molar-refractivity contribution in [3.05, 3.63) is 53.6 Å². The van der Waals surface area contributed by atoms with Crippen molar-refractivity contribution >= 4 is 23.4 Å². The minimum absolute atomic E-state index is 0.136.